The van der Waals surface area contributed by atoms with Crippen LogP contribution in [0.4, 0.5) is 0 Å². The summed E-state index contributed by atoms with van der Waals surface area (Å²) in [6.07, 6.45) is 7.78. The number of terminal acetylenes is 1. The lowest BCUT2D eigenvalue weighted by molar-refractivity contribution is 0.0322. The number of nitrogens with zero attached hydrogens (tertiary/aromatic N) is 1. The summed E-state index contributed by atoms with van der Waals surface area (Å²) in [7, 11) is 0. The highest BCUT2D eigenvalue weighted by Crippen LogP contribution is 2.43. The number of hydrogen-bond donors (Lipinski definition) is 0. The van der Waals surface area contributed by atoms with E-state index >= 15 is 0 Å². The summed E-state index contributed by atoms with van der Waals surface area (Å²) in [4.78, 5) is 2.60. The molecule has 1 nitrogen and oxygen atoms in total. The quantitative estimate of drug-likeness (QED) is 0.700. The first kappa shape index (κ1) is 10.9. The van der Waals surface area contributed by atoms with E-state index in [2.05, 4.69) is 41.2 Å². The standard InChI is InChI=1S/C16H19N/c1-2-6-14-11-17-10-9-15(14)16(12-17)13-7-4-3-5-8-13/h1,3-5,7-8,14-16H,6,9-12H2/t14-,15+,16-/m0/s1. The molecule has 0 spiro atoms. The average molecular weight is 225 g/mol. The Kier molecular flexibility index (Phi) is 2.91. The molecule has 3 heterocycles. The van der Waals surface area contributed by atoms with Gasteiger partial charge < -0.3 is 4.90 Å². The van der Waals surface area contributed by atoms with E-state index in [4.69, 9.17) is 6.42 Å². The Bertz CT molecular complexity index is 417. The molecule has 3 aliphatic heterocycles. The van der Waals surface area contributed by atoms with Gasteiger partial charge in [0, 0.05) is 19.5 Å². The minimum atomic E-state index is 0.706. The molecule has 4 atom stereocenters. The first-order valence-corrected chi connectivity index (χ1v) is 6.59. The van der Waals surface area contributed by atoms with Gasteiger partial charge in [0.1, 0.15) is 0 Å². The van der Waals surface area contributed by atoms with E-state index < -0.39 is 0 Å². The second kappa shape index (κ2) is 4.55. The molecule has 1 aromatic rings. The molecular formula is C16H19N. The van der Waals surface area contributed by atoms with Gasteiger partial charge in [-0.15, -0.1) is 12.3 Å². The van der Waals surface area contributed by atoms with Gasteiger partial charge in [0.2, 0.25) is 0 Å². The molecule has 17 heavy (non-hydrogen) atoms. The first-order valence-electron chi connectivity index (χ1n) is 6.59. The van der Waals surface area contributed by atoms with Crippen molar-refractivity contribution in [2.45, 2.75) is 18.8 Å². The molecule has 1 unspecified atom stereocenters. The SMILES string of the molecule is C#CC[C@H]1CN2CC[C@H]1[C@H](c1ccccc1)C2. The maximum absolute atomic E-state index is 5.51. The molecule has 0 amide bonds. The monoisotopic (exact) mass is 225 g/mol. The van der Waals surface area contributed by atoms with Gasteiger partial charge in [0.05, 0.1) is 0 Å². The third kappa shape index (κ3) is 1.98. The first-order chi connectivity index (χ1) is 8.38. The average Bonchev–Trinajstić information content (AvgIpc) is 2.41. The van der Waals surface area contributed by atoms with Gasteiger partial charge in [-0.05, 0) is 36.3 Å². The second-order valence-corrected chi connectivity index (χ2v) is 5.40. The van der Waals surface area contributed by atoms with Crippen molar-refractivity contribution < 1.29 is 0 Å². The summed E-state index contributed by atoms with van der Waals surface area (Å²) < 4.78 is 0. The molecule has 1 heteroatoms. The van der Waals surface area contributed by atoms with E-state index in [0.717, 1.165) is 12.3 Å². The number of benzene rings is 1. The molecule has 3 fully saturated rings. The zero-order valence-corrected chi connectivity index (χ0v) is 10.2. The summed E-state index contributed by atoms with van der Waals surface area (Å²) in [6, 6.07) is 11.0. The Hall–Kier alpha value is -1.26. The lowest BCUT2D eigenvalue weighted by atomic mass is 9.69. The maximum atomic E-state index is 5.51. The number of fused-ring (bicyclic) bond motifs is 3. The van der Waals surface area contributed by atoms with E-state index in [1.165, 1.54) is 31.6 Å². The highest BCUT2D eigenvalue weighted by molar-refractivity contribution is 5.23. The zero-order valence-electron chi connectivity index (χ0n) is 10.2. The van der Waals surface area contributed by atoms with E-state index in [-0.39, 0.29) is 0 Å². The lowest BCUT2D eigenvalue weighted by Crippen LogP contribution is -2.51. The summed E-state index contributed by atoms with van der Waals surface area (Å²) in [5, 5.41) is 0. The molecule has 0 saturated carbocycles. The van der Waals surface area contributed by atoms with Crippen LogP contribution in [0.1, 0.15) is 24.3 Å². The lowest BCUT2D eigenvalue weighted by Gasteiger charge is -2.49. The van der Waals surface area contributed by atoms with Gasteiger partial charge in [-0.3, -0.25) is 0 Å². The van der Waals surface area contributed by atoms with E-state index in [0.29, 0.717) is 11.8 Å². The normalized spacial score (nSPS) is 35.5. The minimum absolute atomic E-state index is 0.706. The molecule has 0 aliphatic carbocycles. The van der Waals surface area contributed by atoms with Crippen molar-refractivity contribution in [2.75, 3.05) is 19.6 Å². The fourth-order valence-electron chi connectivity index (χ4n) is 3.65. The highest BCUT2D eigenvalue weighted by Gasteiger charge is 2.40. The largest absolute Gasteiger partial charge is 0.302 e. The summed E-state index contributed by atoms with van der Waals surface area (Å²) in [5.41, 5.74) is 1.50. The molecular weight excluding hydrogens is 206 g/mol. The van der Waals surface area contributed by atoms with Gasteiger partial charge in [-0.2, -0.15) is 0 Å². The molecule has 0 aromatic heterocycles. The van der Waals surface area contributed by atoms with Gasteiger partial charge >= 0.3 is 0 Å². The summed E-state index contributed by atoms with van der Waals surface area (Å²) in [5.74, 6) is 5.09. The van der Waals surface area contributed by atoms with Gasteiger partial charge in [0.15, 0.2) is 0 Å². The fourth-order valence-corrected chi connectivity index (χ4v) is 3.65. The number of rotatable bonds is 2. The van der Waals surface area contributed by atoms with E-state index in [9.17, 15) is 0 Å². The number of piperidine rings is 3. The molecule has 0 radical (unpaired) electrons. The highest BCUT2D eigenvalue weighted by atomic mass is 15.2. The van der Waals surface area contributed by atoms with Crippen molar-refractivity contribution in [3.05, 3.63) is 35.9 Å². The van der Waals surface area contributed by atoms with E-state index in [1.807, 2.05) is 0 Å². The molecule has 88 valence electrons. The fraction of sp³-hybridized carbons (Fsp3) is 0.500. The van der Waals surface area contributed by atoms with Crippen molar-refractivity contribution in [2.24, 2.45) is 11.8 Å². The van der Waals surface area contributed by atoms with Crippen LogP contribution in [0.25, 0.3) is 0 Å². The predicted octanol–water partition coefficient (Wildman–Crippen LogP) is 2.75. The summed E-state index contributed by atoms with van der Waals surface area (Å²) in [6.45, 7) is 3.73. The van der Waals surface area contributed by atoms with Crippen molar-refractivity contribution in [1.29, 1.82) is 0 Å². The predicted molar refractivity (Wildman–Crippen MR) is 70.7 cm³/mol. The van der Waals surface area contributed by atoms with E-state index in [1.54, 1.807) is 0 Å². The van der Waals surface area contributed by atoms with Gasteiger partial charge in [-0.25, -0.2) is 0 Å². The maximum Gasteiger partial charge on any atom is 0.0129 e. The smallest absolute Gasteiger partial charge is 0.0129 e. The van der Waals surface area contributed by atoms with Crippen LogP contribution in [-0.2, 0) is 0 Å². The molecule has 4 rings (SSSR count). The number of hydrogen-bond acceptors (Lipinski definition) is 1. The third-order valence-electron chi connectivity index (χ3n) is 4.46. The Morgan fingerprint density at radius 1 is 1.24 bits per heavy atom. The van der Waals surface area contributed by atoms with Crippen molar-refractivity contribution in [3.63, 3.8) is 0 Å². The van der Waals surface area contributed by atoms with Gasteiger partial charge in [0.25, 0.3) is 0 Å². The summed E-state index contributed by atoms with van der Waals surface area (Å²) >= 11 is 0. The van der Waals surface area contributed by atoms with Gasteiger partial charge in [-0.1, -0.05) is 30.3 Å². The van der Waals surface area contributed by atoms with Crippen LogP contribution in [0.5, 0.6) is 0 Å². The second-order valence-electron chi connectivity index (χ2n) is 5.40. The van der Waals surface area contributed by atoms with Crippen LogP contribution in [0, 0.1) is 24.2 Å². The molecule has 2 bridgehead atoms. The Labute approximate surface area is 104 Å². The third-order valence-corrected chi connectivity index (χ3v) is 4.46. The van der Waals surface area contributed by atoms with Crippen LogP contribution >= 0.6 is 0 Å². The Morgan fingerprint density at radius 2 is 2.06 bits per heavy atom. The Morgan fingerprint density at radius 3 is 2.76 bits per heavy atom. The molecule has 3 saturated heterocycles. The Balaban J connectivity index is 1.85. The van der Waals surface area contributed by atoms with Crippen LogP contribution in [-0.4, -0.2) is 24.5 Å². The van der Waals surface area contributed by atoms with Crippen LogP contribution in [0.2, 0.25) is 0 Å². The van der Waals surface area contributed by atoms with Crippen LogP contribution < -0.4 is 0 Å². The van der Waals surface area contributed by atoms with Crippen LogP contribution in [0.15, 0.2) is 30.3 Å². The molecule has 3 aliphatic rings. The topological polar surface area (TPSA) is 3.24 Å². The minimum Gasteiger partial charge on any atom is -0.302 e. The van der Waals surface area contributed by atoms with Crippen LogP contribution in [0.3, 0.4) is 0 Å². The zero-order chi connectivity index (χ0) is 11.7. The molecule has 0 N–H and O–H groups in total. The van der Waals surface area contributed by atoms with Crippen molar-refractivity contribution >= 4 is 0 Å². The molecule has 1 aromatic carbocycles. The van der Waals surface area contributed by atoms with Crippen molar-refractivity contribution in [1.82, 2.24) is 4.90 Å². The van der Waals surface area contributed by atoms with Crippen molar-refractivity contribution in [3.8, 4) is 12.3 Å².